The summed E-state index contributed by atoms with van der Waals surface area (Å²) in [6.45, 7) is 3.92. The summed E-state index contributed by atoms with van der Waals surface area (Å²) < 4.78 is 19.6. The van der Waals surface area contributed by atoms with E-state index in [9.17, 15) is 18.8 Å². The van der Waals surface area contributed by atoms with Crippen molar-refractivity contribution < 1.29 is 23.2 Å². The average molecular weight is 477 g/mol. The van der Waals surface area contributed by atoms with Crippen molar-refractivity contribution in [2.24, 2.45) is 11.8 Å². The van der Waals surface area contributed by atoms with E-state index in [2.05, 4.69) is 20.8 Å². The number of carbonyl (C=O) groups is 3. The number of nitrogens with one attached hydrogen (secondary N) is 2. The van der Waals surface area contributed by atoms with E-state index < -0.39 is 41.4 Å². The van der Waals surface area contributed by atoms with Crippen molar-refractivity contribution in [1.29, 1.82) is 0 Å². The summed E-state index contributed by atoms with van der Waals surface area (Å²) in [5, 5.41) is 13.5. The number of hydrogen-bond acceptors (Lipinski definition) is 7. The fraction of sp³-hybridized carbons (Fsp3) is 0.522. The number of benzene rings is 1. The number of rotatable bonds is 8. The van der Waals surface area contributed by atoms with Gasteiger partial charge in [0.15, 0.2) is 0 Å². The number of hydrogen-bond donors (Lipinski definition) is 2. The number of amides is 3. The van der Waals surface area contributed by atoms with E-state index >= 15 is 0 Å². The number of aromatic nitrogens is 2. The molecular weight excluding hydrogens is 447 g/mol. The summed E-state index contributed by atoms with van der Waals surface area (Å²) in [6, 6.07) is 5.21. The minimum absolute atomic E-state index is 0.0729. The molecule has 0 spiro atoms. The predicted octanol–water partition coefficient (Wildman–Crippen LogP) is 3.69. The third-order valence-corrected chi connectivity index (χ3v) is 6.22. The first-order valence-corrected chi connectivity index (χ1v) is 12.3. The third-order valence-electron chi connectivity index (χ3n) is 5.70. The molecule has 1 saturated carbocycles. The van der Waals surface area contributed by atoms with Gasteiger partial charge in [-0.2, -0.15) is 0 Å². The lowest BCUT2D eigenvalue weighted by Crippen LogP contribution is -2.50. The lowest BCUT2D eigenvalue weighted by atomic mass is 9.83. The van der Waals surface area contributed by atoms with E-state index in [4.69, 9.17) is 4.42 Å². The molecule has 8 nitrogen and oxygen atoms in total. The van der Waals surface area contributed by atoms with Gasteiger partial charge in [0.05, 0.1) is 11.5 Å². The first kappa shape index (κ1) is 24.9. The topological polar surface area (TPSA) is 114 Å². The second-order valence-corrected chi connectivity index (χ2v) is 9.35. The van der Waals surface area contributed by atoms with Gasteiger partial charge in [0.2, 0.25) is 17.7 Å². The lowest BCUT2D eigenvalue weighted by Gasteiger charge is -2.31. The Morgan fingerprint density at radius 2 is 1.91 bits per heavy atom. The van der Waals surface area contributed by atoms with Gasteiger partial charge in [0.25, 0.3) is 11.1 Å². The van der Waals surface area contributed by atoms with Crippen molar-refractivity contribution >= 4 is 29.5 Å². The first-order valence-electron chi connectivity index (χ1n) is 11.1. The molecule has 10 heteroatoms. The fourth-order valence-corrected chi connectivity index (χ4v) is 4.34. The van der Waals surface area contributed by atoms with E-state index in [1.54, 1.807) is 12.3 Å². The molecule has 33 heavy (non-hydrogen) atoms. The van der Waals surface area contributed by atoms with Crippen LogP contribution in [0, 0.1) is 17.7 Å². The highest BCUT2D eigenvalue weighted by atomic mass is 32.2. The molecule has 0 saturated heterocycles. The second-order valence-electron chi connectivity index (χ2n) is 8.60. The van der Waals surface area contributed by atoms with Gasteiger partial charge in [-0.05, 0) is 43.6 Å². The molecule has 1 aromatic heterocycles. The Balaban J connectivity index is 1.70. The Hall–Kier alpha value is -2.75. The molecule has 3 atom stereocenters. The van der Waals surface area contributed by atoms with Gasteiger partial charge in [0, 0.05) is 6.04 Å². The Morgan fingerprint density at radius 3 is 2.58 bits per heavy atom. The van der Waals surface area contributed by atoms with Gasteiger partial charge in [0.1, 0.15) is 11.7 Å². The normalized spacial score (nSPS) is 19.2. The Bertz CT molecular complexity index is 996. The highest BCUT2D eigenvalue weighted by Gasteiger charge is 2.36. The minimum atomic E-state index is -0.752. The monoisotopic (exact) mass is 476 g/mol. The van der Waals surface area contributed by atoms with Crippen LogP contribution in [0.4, 0.5) is 4.39 Å². The number of nitrogens with zero attached hydrogens (tertiary/aromatic N) is 2. The first-order chi connectivity index (χ1) is 15.8. The second kappa shape index (κ2) is 11.4. The molecule has 2 N–H and O–H groups in total. The summed E-state index contributed by atoms with van der Waals surface area (Å²) >= 11 is 1.27. The maximum atomic E-state index is 14.0. The largest absolute Gasteiger partial charge is 0.415 e. The van der Waals surface area contributed by atoms with Crippen molar-refractivity contribution in [3.05, 3.63) is 41.5 Å². The predicted molar refractivity (Wildman–Crippen MR) is 121 cm³/mol. The van der Waals surface area contributed by atoms with Crippen molar-refractivity contribution in [2.75, 3.05) is 6.26 Å². The van der Waals surface area contributed by atoms with Crippen LogP contribution in [0.2, 0.25) is 0 Å². The molecule has 3 rings (SSSR count). The number of halogens is 1. The van der Waals surface area contributed by atoms with E-state index in [1.807, 2.05) is 13.8 Å². The van der Waals surface area contributed by atoms with E-state index in [0.29, 0.717) is 24.5 Å². The summed E-state index contributed by atoms with van der Waals surface area (Å²) in [4.78, 5) is 38.7. The van der Waals surface area contributed by atoms with Crippen LogP contribution in [-0.2, 0) is 9.59 Å². The van der Waals surface area contributed by atoms with Gasteiger partial charge in [-0.25, -0.2) is 4.39 Å². The van der Waals surface area contributed by atoms with Gasteiger partial charge in [-0.15, -0.1) is 10.2 Å². The van der Waals surface area contributed by atoms with Crippen LogP contribution >= 0.6 is 11.8 Å². The zero-order valence-electron chi connectivity index (χ0n) is 19.0. The van der Waals surface area contributed by atoms with Crippen molar-refractivity contribution in [2.45, 2.75) is 63.1 Å². The highest BCUT2D eigenvalue weighted by Crippen LogP contribution is 2.28. The Kier molecular flexibility index (Phi) is 8.60. The Labute approximate surface area is 196 Å². The molecule has 3 amide bonds. The van der Waals surface area contributed by atoms with Crippen LogP contribution in [-0.4, -0.2) is 40.2 Å². The highest BCUT2D eigenvalue weighted by molar-refractivity contribution is 7.98. The minimum Gasteiger partial charge on any atom is -0.415 e. The molecule has 178 valence electrons. The molecule has 0 aliphatic heterocycles. The van der Waals surface area contributed by atoms with Crippen LogP contribution in [0.15, 0.2) is 33.9 Å². The standard InChI is InChI=1S/C23H29FN4O4S/c1-13(2)12-16(22-27-28-23(32-22)33-3)21(31)26-20(30)15-9-5-7-11-18(15)25-19(29)14-8-4-6-10-17(14)24/h4,6,8,10,13,15-16,18H,5,7,9,11-12H2,1-3H3,(H,25,29)(H,26,30,31)/t15-,16-,18+/m1/s1. The van der Waals surface area contributed by atoms with Gasteiger partial charge >= 0.3 is 0 Å². The summed E-state index contributed by atoms with van der Waals surface area (Å²) in [6.07, 6.45) is 4.95. The molecule has 1 fully saturated rings. The number of thioether (sulfide) groups is 1. The number of imide groups is 1. The molecule has 2 aromatic rings. The average Bonchev–Trinajstić information content (AvgIpc) is 3.26. The van der Waals surface area contributed by atoms with Crippen molar-refractivity contribution in [3.8, 4) is 0 Å². The van der Waals surface area contributed by atoms with E-state index in [1.165, 1.54) is 30.0 Å². The van der Waals surface area contributed by atoms with Crippen LogP contribution in [0.25, 0.3) is 0 Å². The van der Waals surface area contributed by atoms with E-state index in [0.717, 1.165) is 12.8 Å². The van der Waals surface area contributed by atoms with Gasteiger partial charge in [-0.1, -0.05) is 50.6 Å². The van der Waals surface area contributed by atoms with Crippen LogP contribution < -0.4 is 10.6 Å². The zero-order valence-corrected chi connectivity index (χ0v) is 19.8. The van der Waals surface area contributed by atoms with Crippen molar-refractivity contribution in [3.63, 3.8) is 0 Å². The molecule has 0 unspecified atom stereocenters. The summed E-state index contributed by atoms with van der Waals surface area (Å²) in [7, 11) is 0. The molecular formula is C23H29FN4O4S. The van der Waals surface area contributed by atoms with Crippen molar-refractivity contribution in [1.82, 2.24) is 20.8 Å². The maximum Gasteiger partial charge on any atom is 0.276 e. The summed E-state index contributed by atoms with van der Waals surface area (Å²) in [5.74, 6) is -3.18. The molecule has 1 heterocycles. The van der Waals surface area contributed by atoms with Gasteiger partial charge < -0.3 is 9.73 Å². The fourth-order valence-electron chi connectivity index (χ4n) is 4.05. The van der Waals surface area contributed by atoms with Crippen LogP contribution in [0.1, 0.15) is 68.1 Å². The van der Waals surface area contributed by atoms with Crippen LogP contribution in [0.3, 0.4) is 0 Å². The Morgan fingerprint density at radius 1 is 1.18 bits per heavy atom. The molecule has 0 radical (unpaired) electrons. The molecule has 1 aliphatic rings. The zero-order chi connectivity index (χ0) is 24.0. The molecule has 0 bridgehead atoms. The summed E-state index contributed by atoms with van der Waals surface area (Å²) in [5.41, 5.74) is -0.0729. The molecule has 1 aliphatic carbocycles. The maximum absolute atomic E-state index is 14.0. The van der Waals surface area contributed by atoms with Crippen LogP contribution in [0.5, 0.6) is 0 Å². The van der Waals surface area contributed by atoms with Gasteiger partial charge in [-0.3, -0.25) is 19.7 Å². The number of carbonyl (C=O) groups excluding carboxylic acids is 3. The quantitative estimate of drug-likeness (QED) is 0.559. The lowest BCUT2D eigenvalue weighted by molar-refractivity contribution is -0.135. The smallest absolute Gasteiger partial charge is 0.276 e. The SMILES string of the molecule is CSc1nnc([C@H](CC(C)C)C(=O)NC(=O)[C@@H]2CCCC[C@@H]2NC(=O)c2ccccc2F)o1. The van der Waals surface area contributed by atoms with E-state index in [-0.39, 0.29) is 17.4 Å². The third kappa shape index (κ3) is 6.40. The molecule has 1 aromatic carbocycles.